The molecule has 13 heavy (non-hydrogen) atoms. The molecule has 2 fully saturated rings. The van der Waals surface area contributed by atoms with Crippen molar-refractivity contribution in [3.05, 3.63) is 0 Å². The molecular formula is C9H16ClNO2. The van der Waals surface area contributed by atoms with Gasteiger partial charge in [0.25, 0.3) is 0 Å². The van der Waals surface area contributed by atoms with Gasteiger partial charge in [-0.3, -0.25) is 4.79 Å². The Morgan fingerprint density at radius 2 is 2.00 bits per heavy atom. The number of rotatable bonds is 1. The summed E-state index contributed by atoms with van der Waals surface area (Å²) in [6, 6.07) is 0.234. The molecule has 2 aliphatic rings. The van der Waals surface area contributed by atoms with Crippen LogP contribution < -0.4 is 5.32 Å². The Kier molecular flexibility index (Phi) is 3.56. The first-order valence-electron chi connectivity index (χ1n) is 4.76. The molecular weight excluding hydrogens is 190 g/mol. The highest BCUT2D eigenvalue weighted by Gasteiger charge is 2.37. The van der Waals surface area contributed by atoms with E-state index in [9.17, 15) is 4.79 Å². The summed E-state index contributed by atoms with van der Waals surface area (Å²) in [5.74, 6) is -0.0377. The quantitative estimate of drug-likeness (QED) is 0.681. The van der Waals surface area contributed by atoms with Gasteiger partial charge < -0.3 is 10.4 Å². The number of carboxylic acids is 1. The van der Waals surface area contributed by atoms with Gasteiger partial charge in [-0.2, -0.15) is 0 Å². The summed E-state index contributed by atoms with van der Waals surface area (Å²) in [5, 5.41) is 12.0. The zero-order chi connectivity index (χ0) is 8.55. The topological polar surface area (TPSA) is 49.3 Å². The van der Waals surface area contributed by atoms with E-state index in [1.54, 1.807) is 0 Å². The van der Waals surface area contributed by atoms with Crippen molar-refractivity contribution in [1.82, 2.24) is 5.32 Å². The molecule has 4 heteroatoms. The van der Waals surface area contributed by atoms with Crippen molar-refractivity contribution in [1.29, 1.82) is 0 Å². The second-order valence-corrected chi connectivity index (χ2v) is 3.94. The number of nitrogens with one attached hydrogen (secondary N) is 1. The van der Waals surface area contributed by atoms with Gasteiger partial charge in [-0.05, 0) is 25.2 Å². The molecule has 1 aliphatic carbocycles. The van der Waals surface area contributed by atoms with Crippen LogP contribution >= 0.6 is 12.4 Å². The van der Waals surface area contributed by atoms with Crippen LogP contribution in [0.1, 0.15) is 32.1 Å². The molecule has 0 aromatic carbocycles. The summed E-state index contributed by atoms with van der Waals surface area (Å²) in [7, 11) is 0. The lowest BCUT2D eigenvalue weighted by atomic mass is 9.85. The molecule has 0 spiro atoms. The zero-order valence-electron chi connectivity index (χ0n) is 7.53. The third-order valence-electron chi connectivity index (χ3n) is 3.16. The molecule has 0 unspecified atom stereocenters. The van der Waals surface area contributed by atoms with E-state index in [-0.39, 0.29) is 18.4 Å². The van der Waals surface area contributed by atoms with E-state index in [2.05, 4.69) is 5.32 Å². The highest BCUT2D eigenvalue weighted by Crippen LogP contribution is 2.32. The third-order valence-corrected chi connectivity index (χ3v) is 3.16. The maximum Gasteiger partial charge on any atom is 0.320 e. The fraction of sp³-hybridized carbons (Fsp3) is 0.889. The van der Waals surface area contributed by atoms with Crippen molar-refractivity contribution < 1.29 is 9.90 Å². The van der Waals surface area contributed by atoms with Crippen molar-refractivity contribution in [2.24, 2.45) is 5.92 Å². The first-order valence-corrected chi connectivity index (χ1v) is 4.76. The van der Waals surface area contributed by atoms with Gasteiger partial charge in [0.2, 0.25) is 0 Å². The third kappa shape index (κ3) is 2.15. The minimum absolute atomic E-state index is 0. The largest absolute Gasteiger partial charge is 0.480 e. The van der Waals surface area contributed by atoms with Crippen LogP contribution in [0.25, 0.3) is 0 Å². The number of hydrogen-bond acceptors (Lipinski definition) is 2. The Morgan fingerprint density at radius 1 is 1.31 bits per heavy atom. The second-order valence-electron chi connectivity index (χ2n) is 3.94. The first kappa shape index (κ1) is 10.8. The van der Waals surface area contributed by atoms with Crippen molar-refractivity contribution in [2.75, 3.05) is 0 Å². The molecule has 0 aromatic heterocycles. The number of carbonyl (C=O) groups is 1. The number of fused-ring (bicyclic) bond motifs is 1. The maximum absolute atomic E-state index is 10.7. The smallest absolute Gasteiger partial charge is 0.320 e. The van der Waals surface area contributed by atoms with Crippen LogP contribution in [0.2, 0.25) is 0 Å². The van der Waals surface area contributed by atoms with Gasteiger partial charge in [0.1, 0.15) is 6.04 Å². The number of aliphatic carboxylic acids is 1. The Balaban J connectivity index is 0.000000845. The Morgan fingerprint density at radius 3 is 2.62 bits per heavy atom. The molecule has 0 radical (unpaired) electrons. The highest BCUT2D eigenvalue weighted by molar-refractivity contribution is 5.85. The molecule has 1 aliphatic heterocycles. The van der Waals surface area contributed by atoms with Gasteiger partial charge in [0, 0.05) is 6.04 Å². The van der Waals surface area contributed by atoms with Crippen molar-refractivity contribution in [2.45, 2.75) is 44.2 Å². The SMILES string of the molecule is Cl.O=C(O)[C@H]1C[C@@H]2CCCC[C@@H]2N1. The molecule has 0 bridgehead atoms. The average Bonchev–Trinajstić information content (AvgIpc) is 2.46. The maximum atomic E-state index is 10.7. The van der Waals surface area contributed by atoms with Crippen molar-refractivity contribution >= 4 is 18.4 Å². The van der Waals surface area contributed by atoms with E-state index in [1.807, 2.05) is 0 Å². The Bertz CT molecular complexity index is 184. The van der Waals surface area contributed by atoms with Gasteiger partial charge in [-0.25, -0.2) is 0 Å². The summed E-state index contributed by atoms with van der Waals surface area (Å²) < 4.78 is 0. The summed E-state index contributed by atoms with van der Waals surface area (Å²) in [6.07, 6.45) is 5.80. The van der Waals surface area contributed by atoms with E-state index in [0.717, 1.165) is 6.42 Å². The van der Waals surface area contributed by atoms with E-state index in [1.165, 1.54) is 25.7 Å². The van der Waals surface area contributed by atoms with Crippen LogP contribution in [-0.2, 0) is 4.79 Å². The molecule has 2 N–H and O–H groups in total. The van der Waals surface area contributed by atoms with Crippen LogP contribution in [0.5, 0.6) is 0 Å². The molecule has 2 rings (SSSR count). The summed E-state index contributed by atoms with van der Waals surface area (Å²) in [5.41, 5.74) is 0. The van der Waals surface area contributed by atoms with Crippen LogP contribution in [0.15, 0.2) is 0 Å². The lowest BCUT2D eigenvalue weighted by Crippen LogP contribution is -2.36. The van der Waals surface area contributed by atoms with Gasteiger partial charge >= 0.3 is 5.97 Å². The molecule has 1 saturated heterocycles. The van der Waals surface area contributed by atoms with Crippen LogP contribution in [0.3, 0.4) is 0 Å². The van der Waals surface area contributed by atoms with E-state index in [4.69, 9.17) is 5.11 Å². The first-order chi connectivity index (χ1) is 5.77. The Hall–Kier alpha value is -0.280. The van der Waals surface area contributed by atoms with E-state index >= 15 is 0 Å². The minimum atomic E-state index is -0.676. The lowest BCUT2D eigenvalue weighted by molar-refractivity contribution is -0.139. The fourth-order valence-corrected chi connectivity index (χ4v) is 2.51. The lowest BCUT2D eigenvalue weighted by Gasteiger charge is -2.24. The molecule has 3 atom stereocenters. The van der Waals surface area contributed by atoms with E-state index in [0.29, 0.717) is 12.0 Å². The normalized spacial score (nSPS) is 37.7. The second kappa shape index (κ2) is 4.29. The fourth-order valence-electron chi connectivity index (χ4n) is 2.51. The average molecular weight is 206 g/mol. The van der Waals surface area contributed by atoms with Gasteiger partial charge in [0.05, 0.1) is 0 Å². The number of hydrogen-bond donors (Lipinski definition) is 2. The molecule has 0 amide bonds. The summed E-state index contributed by atoms with van der Waals surface area (Å²) >= 11 is 0. The van der Waals surface area contributed by atoms with Gasteiger partial charge in [0.15, 0.2) is 0 Å². The Labute approximate surface area is 84.3 Å². The van der Waals surface area contributed by atoms with Crippen molar-refractivity contribution in [3.8, 4) is 0 Å². The van der Waals surface area contributed by atoms with Gasteiger partial charge in [-0.1, -0.05) is 12.8 Å². The number of halogens is 1. The van der Waals surface area contributed by atoms with Crippen LogP contribution in [-0.4, -0.2) is 23.2 Å². The standard InChI is InChI=1S/C9H15NO2.ClH/c11-9(12)8-5-6-3-1-2-4-7(6)10-8;/h6-8,10H,1-5H2,(H,11,12);1H/t6-,7-,8+;/m0./s1. The molecule has 1 saturated carbocycles. The predicted molar refractivity (Wildman–Crippen MR) is 52.2 cm³/mol. The zero-order valence-corrected chi connectivity index (χ0v) is 8.35. The predicted octanol–water partition coefficient (Wildman–Crippen LogP) is 1.41. The molecule has 76 valence electrons. The van der Waals surface area contributed by atoms with Gasteiger partial charge in [-0.15, -0.1) is 12.4 Å². The van der Waals surface area contributed by atoms with Crippen LogP contribution in [0.4, 0.5) is 0 Å². The van der Waals surface area contributed by atoms with E-state index < -0.39 is 5.97 Å². The van der Waals surface area contributed by atoms with Crippen LogP contribution in [0, 0.1) is 5.92 Å². The molecule has 3 nitrogen and oxygen atoms in total. The van der Waals surface area contributed by atoms with Crippen molar-refractivity contribution in [3.63, 3.8) is 0 Å². The summed E-state index contributed by atoms with van der Waals surface area (Å²) in [4.78, 5) is 10.7. The monoisotopic (exact) mass is 205 g/mol. The highest BCUT2D eigenvalue weighted by atomic mass is 35.5. The molecule has 0 aromatic rings. The summed E-state index contributed by atoms with van der Waals surface area (Å²) in [6.45, 7) is 0. The minimum Gasteiger partial charge on any atom is -0.480 e. The molecule has 1 heterocycles. The number of carboxylic acid groups (broad SMARTS) is 1.